The van der Waals surface area contributed by atoms with Gasteiger partial charge in [0.05, 0.1) is 0 Å². The highest BCUT2D eigenvalue weighted by Gasteiger charge is 2.07. The van der Waals surface area contributed by atoms with Crippen LogP contribution in [0.1, 0.15) is 5.69 Å². The zero-order valence-corrected chi connectivity index (χ0v) is 7.47. The van der Waals surface area contributed by atoms with Crippen molar-refractivity contribution in [3.63, 3.8) is 0 Å². The molecule has 0 fully saturated rings. The first-order chi connectivity index (χ1) is 6.77. The topological polar surface area (TPSA) is 46.3 Å². The van der Waals surface area contributed by atoms with Crippen LogP contribution in [0.15, 0.2) is 47.5 Å². The minimum atomic E-state index is -0.0871. The molecule has 0 aliphatic rings. The van der Waals surface area contributed by atoms with Crippen LogP contribution in [0.3, 0.4) is 0 Å². The largest absolute Gasteiger partial charge is 0.506 e. The van der Waals surface area contributed by atoms with Crippen molar-refractivity contribution in [2.24, 2.45) is 0 Å². The normalized spacial score (nSPS) is 10.0. The summed E-state index contributed by atoms with van der Waals surface area (Å²) in [5.74, 6) is 0.534. The number of nitrogens with zero attached hydrogens (tertiary/aromatic N) is 1. The minimum Gasteiger partial charge on any atom is -0.506 e. The maximum absolute atomic E-state index is 9.07. The van der Waals surface area contributed by atoms with E-state index in [2.05, 4.69) is 11.7 Å². The summed E-state index contributed by atoms with van der Waals surface area (Å²) < 4.78 is 5.04. The Morgan fingerprint density at radius 3 is 2.57 bits per heavy atom. The molecule has 0 saturated heterocycles. The van der Waals surface area contributed by atoms with Crippen molar-refractivity contribution in [1.82, 2.24) is 5.16 Å². The average molecular weight is 187 g/mol. The van der Waals surface area contributed by atoms with E-state index in [9.17, 15) is 0 Å². The number of aliphatic hydroxyl groups excluding tert-OH is 1. The Morgan fingerprint density at radius 1 is 1.29 bits per heavy atom. The molecule has 0 unspecified atom stereocenters. The quantitative estimate of drug-likeness (QED) is 0.735. The summed E-state index contributed by atoms with van der Waals surface area (Å²) in [6, 6.07) is 11.2. The van der Waals surface area contributed by atoms with E-state index in [0.717, 1.165) is 5.56 Å². The summed E-state index contributed by atoms with van der Waals surface area (Å²) in [6.45, 7) is 3.37. The van der Waals surface area contributed by atoms with Gasteiger partial charge in [-0.2, -0.15) is 0 Å². The van der Waals surface area contributed by atoms with Crippen LogP contribution in [0, 0.1) is 0 Å². The van der Waals surface area contributed by atoms with Crippen LogP contribution in [0.25, 0.3) is 17.1 Å². The second kappa shape index (κ2) is 3.38. The Bertz CT molecular complexity index is 445. The van der Waals surface area contributed by atoms with Crippen LogP contribution < -0.4 is 0 Å². The third-order valence-electron chi connectivity index (χ3n) is 1.86. The molecule has 0 aliphatic carbocycles. The van der Waals surface area contributed by atoms with Gasteiger partial charge >= 0.3 is 0 Å². The molecule has 0 spiro atoms. The summed E-state index contributed by atoms with van der Waals surface area (Å²) in [5.41, 5.74) is 1.29. The molecule has 0 aliphatic heterocycles. The van der Waals surface area contributed by atoms with E-state index in [1.807, 2.05) is 30.3 Å². The third kappa shape index (κ3) is 1.52. The molecule has 0 bridgehead atoms. The van der Waals surface area contributed by atoms with E-state index in [1.165, 1.54) is 0 Å². The molecule has 70 valence electrons. The van der Waals surface area contributed by atoms with Gasteiger partial charge in [-0.3, -0.25) is 0 Å². The minimum absolute atomic E-state index is 0.0871. The van der Waals surface area contributed by atoms with E-state index >= 15 is 0 Å². The number of rotatable bonds is 2. The number of benzene rings is 1. The Hall–Kier alpha value is -2.03. The predicted molar refractivity (Wildman–Crippen MR) is 53.6 cm³/mol. The molecule has 0 amide bonds. The SMILES string of the molecule is C=C(O)c1cc(-c2ccccc2)on1. The fourth-order valence-corrected chi connectivity index (χ4v) is 1.15. The molecule has 3 heteroatoms. The standard InChI is InChI=1S/C11H9NO2/c1-8(13)10-7-11(14-12-10)9-5-3-2-4-6-9/h2-7,13H,1H2. The Morgan fingerprint density at radius 2 is 2.00 bits per heavy atom. The summed E-state index contributed by atoms with van der Waals surface area (Å²) in [6.07, 6.45) is 0. The molecule has 0 radical (unpaired) electrons. The smallest absolute Gasteiger partial charge is 0.167 e. The first kappa shape index (κ1) is 8.56. The van der Waals surface area contributed by atoms with Crippen molar-refractivity contribution in [2.75, 3.05) is 0 Å². The maximum Gasteiger partial charge on any atom is 0.167 e. The second-order valence-electron chi connectivity index (χ2n) is 2.89. The molecule has 0 saturated carbocycles. The van der Waals surface area contributed by atoms with Gasteiger partial charge in [-0.05, 0) is 0 Å². The lowest BCUT2D eigenvalue weighted by Crippen LogP contribution is -1.76. The van der Waals surface area contributed by atoms with Gasteiger partial charge < -0.3 is 9.63 Å². The van der Waals surface area contributed by atoms with Gasteiger partial charge in [-0.25, -0.2) is 0 Å². The summed E-state index contributed by atoms with van der Waals surface area (Å²) in [4.78, 5) is 0. The molecule has 0 atom stereocenters. The van der Waals surface area contributed by atoms with Gasteiger partial charge in [0.25, 0.3) is 0 Å². The van der Waals surface area contributed by atoms with Crippen LogP contribution >= 0.6 is 0 Å². The average Bonchev–Trinajstić information content (AvgIpc) is 2.68. The van der Waals surface area contributed by atoms with Crippen molar-refractivity contribution in [2.45, 2.75) is 0 Å². The van der Waals surface area contributed by atoms with Crippen molar-refractivity contribution >= 4 is 5.76 Å². The summed E-state index contributed by atoms with van der Waals surface area (Å²) in [7, 11) is 0. The van der Waals surface area contributed by atoms with Crippen LogP contribution in [0.5, 0.6) is 0 Å². The molecular formula is C11H9NO2. The van der Waals surface area contributed by atoms with E-state index in [-0.39, 0.29) is 5.76 Å². The Labute approximate surface area is 81.3 Å². The molecule has 1 aromatic heterocycles. The molecule has 1 heterocycles. The zero-order chi connectivity index (χ0) is 9.97. The number of aromatic nitrogens is 1. The lowest BCUT2D eigenvalue weighted by Gasteiger charge is -1.91. The molecule has 2 aromatic rings. The molecule has 3 nitrogen and oxygen atoms in total. The monoisotopic (exact) mass is 187 g/mol. The van der Waals surface area contributed by atoms with Gasteiger partial charge in [0, 0.05) is 11.6 Å². The van der Waals surface area contributed by atoms with Gasteiger partial charge in [-0.1, -0.05) is 42.1 Å². The predicted octanol–water partition coefficient (Wildman–Crippen LogP) is 2.87. The van der Waals surface area contributed by atoms with Gasteiger partial charge in [0.1, 0.15) is 11.5 Å². The van der Waals surface area contributed by atoms with E-state index in [4.69, 9.17) is 9.63 Å². The molecule has 1 N–H and O–H groups in total. The number of hydrogen-bond acceptors (Lipinski definition) is 3. The van der Waals surface area contributed by atoms with Crippen LogP contribution in [0.4, 0.5) is 0 Å². The Balaban J connectivity index is 2.39. The summed E-state index contributed by atoms with van der Waals surface area (Å²) >= 11 is 0. The highest BCUT2D eigenvalue weighted by Crippen LogP contribution is 2.21. The van der Waals surface area contributed by atoms with E-state index in [0.29, 0.717) is 11.5 Å². The van der Waals surface area contributed by atoms with Crippen molar-refractivity contribution in [1.29, 1.82) is 0 Å². The van der Waals surface area contributed by atoms with Gasteiger partial charge in [0.15, 0.2) is 5.76 Å². The molecular weight excluding hydrogens is 178 g/mol. The van der Waals surface area contributed by atoms with Crippen LogP contribution in [0.2, 0.25) is 0 Å². The van der Waals surface area contributed by atoms with E-state index < -0.39 is 0 Å². The first-order valence-electron chi connectivity index (χ1n) is 4.18. The fourth-order valence-electron chi connectivity index (χ4n) is 1.15. The highest BCUT2D eigenvalue weighted by molar-refractivity contribution is 5.62. The molecule has 1 aromatic carbocycles. The first-order valence-corrected chi connectivity index (χ1v) is 4.18. The lowest BCUT2D eigenvalue weighted by atomic mass is 10.1. The van der Waals surface area contributed by atoms with Crippen molar-refractivity contribution in [3.8, 4) is 11.3 Å². The van der Waals surface area contributed by atoms with Gasteiger partial charge in [0.2, 0.25) is 0 Å². The third-order valence-corrected chi connectivity index (χ3v) is 1.86. The van der Waals surface area contributed by atoms with Crippen LogP contribution in [-0.4, -0.2) is 10.3 Å². The Kier molecular flexibility index (Phi) is 2.07. The second-order valence-corrected chi connectivity index (χ2v) is 2.89. The maximum atomic E-state index is 9.07. The molecule has 14 heavy (non-hydrogen) atoms. The van der Waals surface area contributed by atoms with Gasteiger partial charge in [-0.15, -0.1) is 0 Å². The number of hydrogen-bond donors (Lipinski definition) is 1. The van der Waals surface area contributed by atoms with E-state index in [1.54, 1.807) is 6.07 Å². The zero-order valence-electron chi connectivity index (χ0n) is 7.47. The lowest BCUT2D eigenvalue weighted by molar-refractivity contribution is 0.421. The van der Waals surface area contributed by atoms with Crippen molar-refractivity contribution < 1.29 is 9.63 Å². The number of aliphatic hydroxyl groups is 1. The highest BCUT2D eigenvalue weighted by atomic mass is 16.5. The molecule has 2 rings (SSSR count). The van der Waals surface area contributed by atoms with Crippen molar-refractivity contribution in [3.05, 3.63) is 48.7 Å². The van der Waals surface area contributed by atoms with Crippen LogP contribution in [-0.2, 0) is 0 Å². The fraction of sp³-hybridized carbons (Fsp3) is 0. The summed E-state index contributed by atoms with van der Waals surface area (Å²) in [5, 5.41) is 12.7.